The minimum absolute atomic E-state index is 0. The lowest BCUT2D eigenvalue weighted by molar-refractivity contribution is 0.265. The Balaban J connectivity index is 0.00000128. The van der Waals surface area contributed by atoms with Crippen molar-refractivity contribution in [2.45, 2.75) is 19.4 Å². The van der Waals surface area contributed by atoms with Gasteiger partial charge < -0.3 is 10.8 Å². The molecule has 0 aliphatic carbocycles. The minimum Gasteiger partial charge on any atom is -0.395 e. The van der Waals surface area contributed by atoms with Crippen molar-refractivity contribution in [1.82, 2.24) is 0 Å². The molecule has 0 bridgehead atoms. The van der Waals surface area contributed by atoms with E-state index in [0.29, 0.717) is 0 Å². The maximum absolute atomic E-state index is 8.94. The van der Waals surface area contributed by atoms with Gasteiger partial charge in [-0.3, -0.25) is 0 Å². The van der Waals surface area contributed by atoms with Gasteiger partial charge in [-0.05, 0) is 30.4 Å². The monoisotopic (exact) mass is 257 g/mol. The van der Waals surface area contributed by atoms with Crippen molar-refractivity contribution in [3.63, 3.8) is 0 Å². The largest absolute Gasteiger partial charge is 0.395 e. The molecule has 3 N–H and O–H groups in total. The van der Waals surface area contributed by atoms with Crippen LogP contribution in [-0.2, 0) is 6.42 Å². The molecule has 4 heteroatoms. The van der Waals surface area contributed by atoms with Gasteiger partial charge in [0, 0.05) is 15.6 Å². The summed E-state index contributed by atoms with van der Waals surface area (Å²) in [5.74, 6) is 0. The van der Waals surface area contributed by atoms with Crippen molar-refractivity contribution in [2.75, 3.05) is 6.61 Å². The fourth-order valence-corrected chi connectivity index (χ4v) is 3.03. The Kier molecular flexibility index (Phi) is 4.74. The van der Waals surface area contributed by atoms with E-state index in [-0.39, 0.29) is 25.1 Å². The number of aryl methyl sites for hydroxylation is 1. The molecule has 2 aromatic rings. The van der Waals surface area contributed by atoms with E-state index < -0.39 is 0 Å². The molecule has 1 heterocycles. The Hall–Kier alpha value is -0.610. The highest BCUT2D eigenvalue weighted by atomic mass is 35.5. The Morgan fingerprint density at radius 1 is 1.38 bits per heavy atom. The van der Waals surface area contributed by atoms with Gasteiger partial charge in [0.05, 0.1) is 6.61 Å². The van der Waals surface area contributed by atoms with Crippen molar-refractivity contribution in [3.8, 4) is 0 Å². The Labute approximate surface area is 106 Å². The molecule has 0 aliphatic rings. The molecule has 16 heavy (non-hydrogen) atoms. The Morgan fingerprint density at radius 2 is 2.06 bits per heavy atom. The molecular formula is C12H16ClNOS. The number of fused-ring (bicyclic) bond motifs is 1. The van der Waals surface area contributed by atoms with Crippen LogP contribution in [0.15, 0.2) is 24.3 Å². The predicted molar refractivity (Wildman–Crippen MR) is 72.6 cm³/mol. The summed E-state index contributed by atoms with van der Waals surface area (Å²) in [6.07, 6.45) is 0.766. The van der Waals surface area contributed by atoms with Gasteiger partial charge >= 0.3 is 0 Å². The summed E-state index contributed by atoms with van der Waals surface area (Å²) < 4.78 is 1.30. The topological polar surface area (TPSA) is 46.2 Å². The van der Waals surface area contributed by atoms with Gasteiger partial charge in [-0.2, -0.15) is 0 Å². The summed E-state index contributed by atoms with van der Waals surface area (Å²) >= 11 is 1.78. The van der Waals surface area contributed by atoms with Gasteiger partial charge in [0.15, 0.2) is 0 Å². The van der Waals surface area contributed by atoms with E-state index in [1.54, 1.807) is 11.3 Å². The highest BCUT2D eigenvalue weighted by Gasteiger charge is 2.10. The second kappa shape index (κ2) is 5.64. The molecule has 1 atom stereocenters. The Morgan fingerprint density at radius 3 is 2.69 bits per heavy atom. The first-order valence-electron chi connectivity index (χ1n) is 5.06. The summed E-state index contributed by atoms with van der Waals surface area (Å²) in [4.78, 5) is 1.29. The molecule has 1 aromatic carbocycles. The highest BCUT2D eigenvalue weighted by Crippen LogP contribution is 2.31. The molecule has 88 valence electrons. The van der Waals surface area contributed by atoms with E-state index in [1.807, 2.05) is 6.07 Å². The van der Waals surface area contributed by atoms with Crippen LogP contribution < -0.4 is 5.73 Å². The highest BCUT2D eigenvalue weighted by molar-refractivity contribution is 7.19. The van der Waals surface area contributed by atoms with Gasteiger partial charge in [-0.15, -0.1) is 23.7 Å². The van der Waals surface area contributed by atoms with Crippen LogP contribution in [0, 0.1) is 6.92 Å². The number of benzene rings is 1. The maximum Gasteiger partial charge on any atom is 0.0586 e. The fourth-order valence-electron chi connectivity index (χ4n) is 1.72. The molecule has 0 spiro atoms. The molecule has 0 amide bonds. The van der Waals surface area contributed by atoms with E-state index in [1.165, 1.54) is 20.5 Å². The number of hydrogen-bond acceptors (Lipinski definition) is 3. The normalized spacial score (nSPS) is 12.4. The second-order valence-electron chi connectivity index (χ2n) is 3.79. The van der Waals surface area contributed by atoms with Crippen LogP contribution in [-0.4, -0.2) is 17.8 Å². The summed E-state index contributed by atoms with van der Waals surface area (Å²) in [6.45, 7) is 2.17. The number of nitrogens with two attached hydrogens (primary N) is 1. The van der Waals surface area contributed by atoms with Gasteiger partial charge in [0.25, 0.3) is 0 Å². The van der Waals surface area contributed by atoms with E-state index in [0.717, 1.165) is 6.42 Å². The molecule has 0 saturated heterocycles. The number of hydrogen-bond donors (Lipinski definition) is 2. The zero-order valence-corrected chi connectivity index (χ0v) is 10.8. The average molecular weight is 258 g/mol. The molecule has 0 radical (unpaired) electrons. The van der Waals surface area contributed by atoms with Crippen LogP contribution in [0.5, 0.6) is 0 Å². The van der Waals surface area contributed by atoms with Crippen LogP contribution >= 0.6 is 23.7 Å². The minimum atomic E-state index is -0.142. The predicted octanol–water partition coefficient (Wildman–Crippen LogP) is 2.49. The van der Waals surface area contributed by atoms with E-state index in [4.69, 9.17) is 10.8 Å². The van der Waals surface area contributed by atoms with E-state index in [2.05, 4.69) is 25.1 Å². The second-order valence-corrected chi connectivity index (χ2v) is 4.93. The van der Waals surface area contributed by atoms with Crippen LogP contribution in [0.2, 0.25) is 0 Å². The number of rotatable bonds is 3. The smallest absolute Gasteiger partial charge is 0.0586 e. The van der Waals surface area contributed by atoms with Crippen molar-refractivity contribution in [2.24, 2.45) is 5.73 Å². The first kappa shape index (κ1) is 13.5. The molecule has 0 fully saturated rings. The SMILES string of the molecule is Cc1c(CC(N)CO)sc2ccccc12.Cl. The molecule has 2 nitrogen and oxygen atoms in total. The lowest BCUT2D eigenvalue weighted by atomic mass is 10.1. The van der Waals surface area contributed by atoms with E-state index in [9.17, 15) is 0 Å². The zero-order chi connectivity index (χ0) is 10.8. The number of thiophene rings is 1. The van der Waals surface area contributed by atoms with E-state index >= 15 is 0 Å². The van der Waals surface area contributed by atoms with Gasteiger partial charge in [-0.25, -0.2) is 0 Å². The zero-order valence-electron chi connectivity index (χ0n) is 9.14. The molecule has 1 unspecified atom stereocenters. The van der Waals surface area contributed by atoms with Crippen LogP contribution in [0.3, 0.4) is 0 Å². The van der Waals surface area contributed by atoms with Crippen LogP contribution in [0.1, 0.15) is 10.4 Å². The molecular weight excluding hydrogens is 242 g/mol. The summed E-state index contributed by atoms with van der Waals surface area (Å²) in [5.41, 5.74) is 7.06. The first-order chi connectivity index (χ1) is 7.22. The molecule has 0 saturated carbocycles. The lowest BCUT2D eigenvalue weighted by Gasteiger charge is -2.06. The number of halogens is 1. The van der Waals surface area contributed by atoms with Gasteiger partial charge in [0.1, 0.15) is 0 Å². The molecule has 1 aromatic heterocycles. The third kappa shape index (κ3) is 2.55. The average Bonchev–Trinajstić information content (AvgIpc) is 2.57. The van der Waals surface area contributed by atoms with Crippen LogP contribution in [0.25, 0.3) is 10.1 Å². The standard InChI is InChI=1S/C12H15NOS.ClH/c1-8-10-4-2-3-5-11(10)15-12(8)6-9(13)7-14;/h2-5,9,14H,6-7,13H2,1H3;1H. The molecule has 0 aliphatic heterocycles. The number of aliphatic hydroxyl groups is 1. The fraction of sp³-hybridized carbons (Fsp3) is 0.333. The lowest BCUT2D eigenvalue weighted by Crippen LogP contribution is -2.26. The van der Waals surface area contributed by atoms with Crippen molar-refractivity contribution in [3.05, 3.63) is 34.7 Å². The van der Waals surface area contributed by atoms with Crippen molar-refractivity contribution in [1.29, 1.82) is 0 Å². The van der Waals surface area contributed by atoms with Gasteiger partial charge in [0.2, 0.25) is 0 Å². The van der Waals surface area contributed by atoms with Crippen LogP contribution in [0.4, 0.5) is 0 Å². The molecule has 2 rings (SSSR count). The third-order valence-electron chi connectivity index (χ3n) is 2.62. The quantitative estimate of drug-likeness (QED) is 0.888. The third-order valence-corrected chi connectivity index (χ3v) is 3.92. The first-order valence-corrected chi connectivity index (χ1v) is 5.87. The summed E-state index contributed by atoms with van der Waals surface area (Å²) in [7, 11) is 0. The summed E-state index contributed by atoms with van der Waals surface area (Å²) in [6, 6.07) is 8.22. The van der Waals surface area contributed by atoms with Crippen molar-refractivity contribution >= 4 is 33.8 Å². The van der Waals surface area contributed by atoms with Crippen molar-refractivity contribution < 1.29 is 5.11 Å². The van der Waals surface area contributed by atoms with Gasteiger partial charge in [-0.1, -0.05) is 18.2 Å². The number of aliphatic hydroxyl groups excluding tert-OH is 1. The maximum atomic E-state index is 8.94. The Bertz CT molecular complexity index is 469. The summed E-state index contributed by atoms with van der Waals surface area (Å²) in [5, 5.41) is 10.2.